The van der Waals surface area contributed by atoms with Crippen molar-refractivity contribution in [2.75, 3.05) is 27.2 Å². The van der Waals surface area contributed by atoms with E-state index in [1.807, 2.05) is 11.8 Å². The van der Waals surface area contributed by atoms with Crippen molar-refractivity contribution in [3.63, 3.8) is 0 Å². The third-order valence-electron chi connectivity index (χ3n) is 3.92. The Morgan fingerprint density at radius 1 is 1.38 bits per heavy atom. The molecule has 0 radical (unpaired) electrons. The van der Waals surface area contributed by atoms with E-state index in [0.29, 0.717) is 11.8 Å². The van der Waals surface area contributed by atoms with Crippen LogP contribution >= 0.6 is 0 Å². The van der Waals surface area contributed by atoms with E-state index in [-0.39, 0.29) is 11.4 Å². The average molecular weight is 221 g/mol. The van der Waals surface area contributed by atoms with Crippen molar-refractivity contribution in [2.45, 2.75) is 19.8 Å². The van der Waals surface area contributed by atoms with E-state index in [0.717, 1.165) is 25.9 Å². The van der Waals surface area contributed by atoms with Crippen molar-refractivity contribution in [1.29, 1.82) is 5.26 Å². The molecule has 1 saturated carbocycles. The first-order chi connectivity index (χ1) is 7.45. The predicted molar refractivity (Wildman–Crippen MR) is 60.6 cm³/mol. The van der Waals surface area contributed by atoms with Gasteiger partial charge in [0.15, 0.2) is 0 Å². The molecule has 0 aromatic carbocycles. The molecule has 16 heavy (non-hydrogen) atoms. The first kappa shape index (κ1) is 11.3. The highest BCUT2D eigenvalue weighted by Crippen LogP contribution is 2.48. The Morgan fingerprint density at radius 3 is 2.25 bits per heavy atom. The van der Waals surface area contributed by atoms with Crippen LogP contribution in [0.25, 0.3) is 0 Å². The standard InChI is InChI=1S/C12H19N3O/c1-12(8-13)4-9-6-15(7-10(9)5-12)11(16)14(2)3/h9-10H,4-7H2,1-3H3/t9-,10+,12-. The van der Waals surface area contributed by atoms with Crippen LogP contribution < -0.4 is 0 Å². The maximum atomic E-state index is 11.8. The Bertz CT molecular complexity index is 331. The van der Waals surface area contributed by atoms with Crippen LogP contribution in [0.1, 0.15) is 19.8 Å². The molecule has 2 fully saturated rings. The van der Waals surface area contributed by atoms with E-state index < -0.39 is 0 Å². The number of urea groups is 1. The van der Waals surface area contributed by atoms with Gasteiger partial charge in [0, 0.05) is 27.2 Å². The summed E-state index contributed by atoms with van der Waals surface area (Å²) in [5.74, 6) is 1.07. The van der Waals surface area contributed by atoms with Crippen LogP contribution in [0.2, 0.25) is 0 Å². The second-order valence-corrected chi connectivity index (χ2v) is 5.68. The molecule has 1 aliphatic carbocycles. The smallest absolute Gasteiger partial charge is 0.319 e. The van der Waals surface area contributed by atoms with Crippen LogP contribution in [0.15, 0.2) is 0 Å². The summed E-state index contributed by atoms with van der Waals surface area (Å²) in [6.45, 7) is 3.71. The van der Waals surface area contributed by atoms with Gasteiger partial charge in [0.1, 0.15) is 0 Å². The predicted octanol–water partition coefficient (Wildman–Crippen LogP) is 1.54. The minimum absolute atomic E-state index is 0.105. The van der Waals surface area contributed by atoms with Gasteiger partial charge in [-0.3, -0.25) is 0 Å². The molecule has 1 saturated heterocycles. The van der Waals surface area contributed by atoms with E-state index >= 15 is 0 Å². The molecule has 2 rings (SSSR count). The molecule has 4 nitrogen and oxygen atoms in total. The number of nitrogens with zero attached hydrogens (tertiary/aromatic N) is 3. The maximum Gasteiger partial charge on any atom is 0.319 e. The quantitative estimate of drug-likeness (QED) is 0.623. The lowest BCUT2D eigenvalue weighted by atomic mass is 9.89. The lowest BCUT2D eigenvalue weighted by Crippen LogP contribution is -2.38. The molecule has 1 heterocycles. The van der Waals surface area contributed by atoms with Gasteiger partial charge in [0.2, 0.25) is 0 Å². The number of hydrogen-bond donors (Lipinski definition) is 0. The number of fused-ring (bicyclic) bond motifs is 1. The third-order valence-corrected chi connectivity index (χ3v) is 3.92. The minimum atomic E-state index is -0.150. The van der Waals surface area contributed by atoms with Crippen molar-refractivity contribution in [3.8, 4) is 6.07 Å². The SMILES string of the molecule is CN(C)C(=O)N1C[C@@H]2C[C@](C)(C#N)C[C@@H]2C1. The fraction of sp³-hybridized carbons (Fsp3) is 0.833. The molecule has 0 aromatic rings. The summed E-state index contributed by atoms with van der Waals surface area (Å²) in [4.78, 5) is 15.3. The molecular formula is C12H19N3O. The topological polar surface area (TPSA) is 47.3 Å². The minimum Gasteiger partial charge on any atom is -0.331 e. The van der Waals surface area contributed by atoms with Gasteiger partial charge in [-0.2, -0.15) is 5.26 Å². The van der Waals surface area contributed by atoms with Gasteiger partial charge in [0.05, 0.1) is 11.5 Å². The monoisotopic (exact) mass is 221 g/mol. The van der Waals surface area contributed by atoms with Crippen molar-refractivity contribution in [3.05, 3.63) is 0 Å². The molecular weight excluding hydrogens is 202 g/mol. The Labute approximate surface area is 96.8 Å². The highest BCUT2D eigenvalue weighted by atomic mass is 16.2. The van der Waals surface area contributed by atoms with Gasteiger partial charge in [-0.15, -0.1) is 0 Å². The van der Waals surface area contributed by atoms with Gasteiger partial charge < -0.3 is 9.80 Å². The Hall–Kier alpha value is -1.24. The molecule has 0 bridgehead atoms. The van der Waals surface area contributed by atoms with Gasteiger partial charge in [-0.1, -0.05) is 0 Å². The average Bonchev–Trinajstić information content (AvgIpc) is 2.71. The number of carbonyl (C=O) groups excluding carboxylic acids is 1. The van der Waals surface area contributed by atoms with E-state index in [4.69, 9.17) is 5.26 Å². The second kappa shape index (κ2) is 3.65. The van der Waals surface area contributed by atoms with Crippen molar-refractivity contribution < 1.29 is 4.79 Å². The van der Waals surface area contributed by atoms with Crippen LogP contribution in [0.3, 0.4) is 0 Å². The maximum absolute atomic E-state index is 11.8. The molecule has 2 aliphatic rings. The van der Waals surface area contributed by atoms with Crippen LogP contribution in [0.5, 0.6) is 0 Å². The third kappa shape index (κ3) is 1.75. The lowest BCUT2D eigenvalue weighted by Gasteiger charge is -2.24. The fourth-order valence-corrected chi connectivity index (χ4v) is 3.17. The zero-order chi connectivity index (χ0) is 11.9. The summed E-state index contributed by atoms with van der Waals surface area (Å²) in [5.41, 5.74) is -0.150. The second-order valence-electron chi connectivity index (χ2n) is 5.68. The Kier molecular flexibility index (Phi) is 2.57. The zero-order valence-corrected chi connectivity index (χ0v) is 10.2. The first-order valence-corrected chi connectivity index (χ1v) is 5.83. The van der Waals surface area contributed by atoms with Crippen molar-refractivity contribution in [2.24, 2.45) is 17.3 Å². The number of rotatable bonds is 0. The molecule has 0 spiro atoms. The van der Waals surface area contributed by atoms with E-state index in [1.54, 1.807) is 19.0 Å². The van der Waals surface area contributed by atoms with Gasteiger partial charge >= 0.3 is 6.03 Å². The van der Waals surface area contributed by atoms with Crippen molar-refractivity contribution in [1.82, 2.24) is 9.80 Å². The summed E-state index contributed by atoms with van der Waals surface area (Å²) in [6, 6.07) is 2.53. The fourth-order valence-electron chi connectivity index (χ4n) is 3.17. The lowest BCUT2D eigenvalue weighted by molar-refractivity contribution is 0.176. The van der Waals surface area contributed by atoms with Gasteiger partial charge in [-0.25, -0.2) is 4.79 Å². The molecule has 3 atom stereocenters. The van der Waals surface area contributed by atoms with E-state index in [2.05, 4.69) is 6.07 Å². The summed E-state index contributed by atoms with van der Waals surface area (Å²) in [6.07, 6.45) is 1.90. The number of nitriles is 1. The zero-order valence-electron chi connectivity index (χ0n) is 10.2. The molecule has 1 aliphatic heterocycles. The highest BCUT2D eigenvalue weighted by molar-refractivity contribution is 5.74. The summed E-state index contributed by atoms with van der Waals surface area (Å²) >= 11 is 0. The molecule has 88 valence electrons. The van der Waals surface area contributed by atoms with Crippen LogP contribution in [0, 0.1) is 28.6 Å². The molecule has 0 unspecified atom stereocenters. The molecule has 0 aromatic heterocycles. The van der Waals surface area contributed by atoms with Crippen LogP contribution in [-0.4, -0.2) is 43.0 Å². The number of hydrogen-bond acceptors (Lipinski definition) is 2. The number of likely N-dealkylation sites (tertiary alicyclic amines) is 1. The number of amides is 2. The molecule has 2 amide bonds. The Balaban J connectivity index is 1.99. The van der Waals surface area contributed by atoms with Crippen LogP contribution in [-0.2, 0) is 0 Å². The summed E-state index contributed by atoms with van der Waals surface area (Å²) in [7, 11) is 3.58. The first-order valence-electron chi connectivity index (χ1n) is 5.83. The molecule has 4 heteroatoms. The summed E-state index contributed by atoms with van der Waals surface area (Å²) in [5, 5.41) is 9.10. The molecule has 0 N–H and O–H groups in total. The van der Waals surface area contributed by atoms with Gasteiger partial charge in [0.25, 0.3) is 0 Å². The normalized spacial score (nSPS) is 37.0. The number of carbonyl (C=O) groups is 1. The van der Waals surface area contributed by atoms with Crippen LogP contribution in [0.4, 0.5) is 4.79 Å². The van der Waals surface area contributed by atoms with Crippen molar-refractivity contribution >= 4 is 6.03 Å². The van der Waals surface area contributed by atoms with Gasteiger partial charge in [-0.05, 0) is 31.6 Å². The highest BCUT2D eigenvalue weighted by Gasteiger charge is 2.48. The van der Waals surface area contributed by atoms with E-state index in [9.17, 15) is 4.79 Å². The Morgan fingerprint density at radius 2 is 1.88 bits per heavy atom. The largest absolute Gasteiger partial charge is 0.331 e. The van der Waals surface area contributed by atoms with E-state index in [1.165, 1.54) is 0 Å². The summed E-state index contributed by atoms with van der Waals surface area (Å²) < 4.78 is 0.